The number of hydrazine groups is 1. The zero-order chi connectivity index (χ0) is 13.8. The fourth-order valence-electron chi connectivity index (χ4n) is 2.00. The molecule has 0 saturated carbocycles. The number of hydrogen-bond acceptors (Lipinski definition) is 5. The van der Waals surface area contributed by atoms with Crippen LogP contribution in [-0.4, -0.2) is 15.0 Å². The Morgan fingerprint density at radius 1 is 1.37 bits per heavy atom. The third-order valence-electron chi connectivity index (χ3n) is 2.80. The molecular weight excluding hydrogens is 238 g/mol. The second-order valence-electron chi connectivity index (χ2n) is 4.87. The SMILES string of the molecule is CC(C)C/C(=C1/C=CC=CN1N)c1ccnc(N)n1. The molecule has 1 aromatic rings. The fraction of sp³-hybridized carbons (Fsp3) is 0.286. The van der Waals surface area contributed by atoms with E-state index in [1.165, 1.54) is 0 Å². The summed E-state index contributed by atoms with van der Waals surface area (Å²) in [4.78, 5) is 8.24. The second-order valence-corrected chi connectivity index (χ2v) is 4.87. The third-order valence-corrected chi connectivity index (χ3v) is 2.80. The average Bonchev–Trinajstić information content (AvgIpc) is 2.37. The van der Waals surface area contributed by atoms with Gasteiger partial charge in [0.25, 0.3) is 0 Å². The molecule has 0 unspecified atom stereocenters. The van der Waals surface area contributed by atoms with Gasteiger partial charge in [0.2, 0.25) is 5.95 Å². The zero-order valence-electron chi connectivity index (χ0n) is 11.2. The Hall–Kier alpha value is -2.14. The summed E-state index contributed by atoms with van der Waals surface area (Å²) in [6.07, 6.45) is 10.2. The minimum atomic E-state index is 0.276. The van der Waals surface area contributed by atoms with E-state index in [2.05, 4.69) is 23.8 Å². The number of nitrogen functional groups attached to an aromatic ring is 1. The van der Waals surface area contributed by atoms with Crippen molar-refractivity contribution in [3.8, 4) is 0 Å². The number of rotatable bonds is 3. The highest BCUT2D eigenvalue weighted by Crippen LogP contribution is 2.27. The van der Waals surface area contributed by atoms with Crippen molar-refractivity contribution in [1.82, 2.24) is 15.0 Å². The van der Waals surface area contributed by atoms with Crippen LogP contribution in [0.3, 0.4) is 0 Å². The molecule has 0 spiro atoms. The van der Waals surface area contributed by atoms with Gasteiger partial charge in [-0.2, -0.15) is 0 Å². The van der Waals surface area contributed by atoms with Crippen molar-refractivity contribution in [2.24, 2.45) is 11.8 Å². The Kier molecular flexibility index (Phi) is 3.97. The van der Waals surface area contributed by atoms with Gasteiger partial charge >= 0.3 is 0 Å². The lowest BCUT2D eigenvalue weighted by Crippen LogP contribution is -2.26. The minimum absolute atomic E-state index is 0.276. The van der Waals surface area contributed by atoms with Crippen LogP contribution in [0.2, 0.25) is 0 Å². The fourth-order valence-corrected chi connectivity index (χ4v) is 2.00. The van der Waals surface area contributed by atoms with E-state index >= 15 is 0 Å². The van der Waals surface area contributed by atoms with Crippen LogP contribution in [0.1, 0.15) is 26.0 Å². The summed E-state index contributed by atoms with van der Waals surface area (Å²) < 4.78 is 0. The van der Waals surface area contributed by atoms with Crippen molar-refractivity contribution in [1.29, 1.82) is 0 Å². The molecule has 1 aliphatic rings. The van der Waals surface area contributed by atoms with Gasteiger partial charge in [-0.15, -0.1) is 0 Å². The lowest BCUT2D eigenvalue weighted by molar-refractivity contribution is 0.502. The van der Waals surface area contributed by atoms with Gasteiger partial charge in [-0.05, 0) is 30.6 Å². The molecule has 100 valence electrons. The minimum Gasteiger partial charge on any atom is -0.368 e. The summed E-state index contributed by atoms with van der Waals surface area (Å²) in [6.45, 7) is 4.32. The quantitative estimate of drug-likeness (QED) is 0.810. The van der Waals surface area contributed by atoms with Gasteiger partial charge in [-0.3, -0.25) is 5.01 Å². The Bertz CT molecular complexity index is 543. The summed E-state index contributed by atoms with van der Waals surface area (Å²) in [5, 5.41) is 1.61. The first-order valence-electron chi connectivity index (χ1n) is 6.28. The molecule has 4 N–H and O–H groups in total. The average molecular weight is 257 g/mol. The third kappa shape index (κ3) is 3.20. The summed E-state index contributed by atoms with van der Waals surface area (Å²) in [6, 6.07) is 1.86. The van der Waals surface area contributed by atoms with Crippen LogP contribution in [0.25, 0.3) is 5.57 Å². The molecule has 0 saturated heterocycles. The highest BCUT2D eigenvalue weighted by molar-refractivity contribution is 5.69. The van der Waals surface area contributed by atoms with Crippen molar-refractivity contribution in [2.45, 2.75) is 20.3 Å². The molecule has 0 aliphatic carbocycles. The van der Waals surface area contributed by atoms with Crippen LogP contribution >= 0.6 is 0 Å². The summed E-state index contributed by atoms with van der Waals surface area (Å²) in [5.41, 5.74) is 8.51. The van der Waals surface area contributed by atoms with E-state index < -0.39 is 0 Å². The first-order chi connectivity index (χ1) is 9.08. The highest BCUT2D eigenvalue weighted by Gasteiger charge is 2.15. The normalized spacial score (nSPS) is 17.2. The molecule has 0 atom stereocenters. The molecule has 0 bridgehead atoms. The zero-order valence-corrected chi connectivity index (χ0v) is 11.2. The largest absolute Gasteiger partial charge is 0.368 e. The number of allylic oxidation sites excluding steroid dienone is 4. The van der Waals surface area contributed by atoms with Crippen molar-refractivity contribution >= 4 is 11.5 Å². The molecule has 5 heteroatoms. The summed E-state index contributed by atoms with van der Waals surface area (Å²) in [7, 11) is 0. The topological polar surface area (TPSA) is 81.1 Å². The van der Waals surface area contributed by atoms with E-state index in [0.717, 1.165) is 23.4 Å². The van der Waals surface area contributed by atoms with Gasteiger partial charge in [-0.25, -0.2) is 15.8 Å². The Morgan fingerprint density at radius 2 is 2.16 bits per heavy atom. The number of aromatic nitrogens is 2. The molecule has 5 nitrogen and oxygen atoms in total. The first-order valence-corrected chi connectivity index (χ1v) is 6.28. The van der Waals surface area contributed by atoms with Crippen molar-refractivity contribution in [3.63, 3.8) is 0 Å². The first kappa shape index (κ1) is 13.3. The molecule has 1 aliphatic heterocycles. The van der Waals surface area contributed by atoms with Gasteiger partial charge in [0, 0.05) is 18.0 Å². The monoisotopic (exact) mass is 257 g/mol. The lowest BCUT2D eigenvalue weighted by Gasteiger charge is -2.22. The van der Waals surface area contributed by atoms with Crippen LogP contribution in [-0.2, 0) is 0 Å². The predicted molar refractivity (Wildman–Crippen MR) is 77.1 cm³/mol. The lowest BCUT2D eigenvalue weighted by atomic mass is 9.97. The number of nitrogens with two attached hydrogens (primary N) is 2. The van der Waals surface area contributed by atoms with Crippen LogP contribution in [0.4, 0.5) is 5.95 Å². The standard InChI is InChI=1S/C14H19N5/c1-10(2)9-11(12-6-7-17-14(15)18-12)13-5-3-4-8-19(13)16/h3-8,10H,9,16H2,1-2H3,(H2,15,17,18)/b13-11+. The van der Waals surface area contributed by atoms with Gasteiger partial charge in [-0.1, -0.05) is 19.9 Å². The Morgan fingerprint density at radius 3 is 2.79 bits per heavy atom. The van der Waals surface area contributed by atoms with Crippen LogP contribution in [0, 0.1) is 5.92 Å². The van der Waals surface area contributed by atoms with E-state index in [1.54, 1.807) is 11.2 Å². The smallest absolute Gasteiger partial charge is 0.220 e. The van der Waals surface area contributed by atoms with Gasteiger partial charge < -0.3 is 5.73 Å². The molecular formula is C14H19N5. The maximum Gasteiger partial charge on any atom is 0.220 e. The van der Waals surface area contributed by atoms with E-state index in [0.29, 0.717) is 5.92 Å². The maximum absolute atomic E-state index is 5.99. The molecule has 0 radical (unpaired) electrons. The van der Waals surface area contributed by atoms with E-state index in [4.69, 9.17) is 11.6 Å². The molecule has 2 heterocycles. The van der Waals surface area contributed by atoms with Gasteiger partial charge in [0.15, 0.2) is 0 Å². The van der Waals surface area contributed by atoms with Crippen molar-refractivity contribution in [2.75, 3.05) is 5.73 Å². The predicted octanol–water partition coefficient (Wildman–Crippen LogP) is 2.08. The van der Waals surface area contributed by atoms with Gasteiger partial charge in [0.05, 0.1) is 11.4 Å². The second kappa shape index (κ2) is 5.67. The van der Waals surface area contributed by atoms with E-state index in [1.807, 2.05) is 30.5 Å². The Labute approximate surface area is 113 Å². The number of anilines is 1. The van der Waals surface area contributed by atoms with Crippen LogP contribution < -0.4 is 11.6 Å². The summed E-state index contributed by atoms with van der Waals surface area (Å²) in [5.74, 6) is 6.76. The molecule has 0 amide bonds. The Balaban J connectivity index is 2.50. The molecule has 1 aromatic heterocycles. The van der Waals surface area contributed by atoms with E-state index in [-0.39, 0.29) is 5.95 Å². The van der Waals surface area contributed by atoms with Crippen LogP contribution in [0.5, 0.6) is 0 Å². The summed E-state index contributed by atoms with van der Waals surface area (Å²) >= 11 is 0. The molecule has 0 fully saturated rings. The molecule has 19 heavy (non-hydrogen) atoms. The van der Waals surface area contributed by atoms with Crippen molar-refractivity contribution in [3.05, 3.63) is 48.1 Å². The molecule has 0 aromatic carbocycles. The molecule has 2 rings (SSSR count). The van der Waals surface area contributed by atoms with Crippen molar-refractivity contribution < 1.29 is 0 Å². The maximum atomic E-state index is 5.99. The van der Waals surface area contributed by atoms with Crippen LogP contribution in [0.15, 0.2) is 42.4 Å². The van der Waals surface area contributed by atoms with E-state index in [9.17, 15) is 0 Å². The number of nitrogens with zero attached hydrogens (tertiary/aromatic N) is 3. The highest BCUT2D eigenvalue weighted by atomic mass is 15.4. The van der Waals surface area contributed by atoms with Gasteiger partial charge in [0.1, 0.15) is 0 Å². The number of hydrogen-bond donors (Lipinski definition) is 2.